The predicted molar refractivity (Wildman–Crippen MR) is 55.2 cm³/mol. The number of hydrogen-bond donors (Lipinski definition) is 2. The maximum Gasteiger partial charge on any atom is 0.125 e. The molecular weight excluding hydrogens is 176 g/mol. The molecule has 0 atom stereocenters. The average Bonchev–Trinajstić information content (AvgIpc) is 2.51. The van der Waals surface area contributed by atoms with Crippen LogP contribution in [-0.4, -0.2) is 15.3 Å². The summed E-state index contributed by atoms with van der Waals surface area (Å²) in [5, 5.41) is 16.6. The maximum absolute atomic E-state index is 9.70. The first-order valence-corrected chi connectivity index (χ1v) is 4.49. The fourth-order valence-corrected chi connectivity index (χ4v) is 1.41. The third-order valence-electron chi connectivity index (χ3n) is 2.14. The summed E-state index contributed by atoms with van der Waals surface area (Å²) >= 11 is 0. The summed E-state index contributed by atoms with van der Waals surface area (Å²) in [5.74, 6) is 0.275. The first-order valence-electron chi connectivity index (χ1n) is 4.49. The van der Waals surface area contributed by atoms with Gasteiger partial charge in [-0.1, -0.05) is 6.07 Å². The monoisotopic (exact) mass is 188 g/mol. The second-order valence-electron chi connectivity index (χ2n) is 3.46. The molecule has 0 saturated carbocycles. The van der Waals surface area contributed by atoms with Crippen LogP contribution in [0.1, 0.15) is 11.3 Å². The molecule has 3 nitrogen and oxygen atoms in total. The van der Waals surface area contributed by atoms with Gasteiger partial charge in [-0.25, -0.2) is 0 Å². The van der Waals surface area contributed by atoms with Crippen molar-refractivity contribution >= 4 is 0 Å². The van der Waals surface area contributed by atoms with E-state index in [-0.39, 0.29) is 5.75 Å². The van der Waals surface area contributed by atoms with E-state index in [4.69, 9.17) is 0 Å². The van der Waals surface area contributed by atoms with Crippen molar-refractivity contribution in [3.05, 3.63) is 35.5 Å². The largest absolute Gasteiger partial charge is 0.507 e. The highest BCUT2D eigenvalue weighted by atomic mass is 16.3. The minimum absolute atomic E-state index is 0.275. The summed E-state index contributed by atoms with van der Waals surface area (Å²) in [4.78, 5) is 0. The molecule has 2 aromatic rings. The Morgan fingerprint density at radius 3 is 2.57 bits per heavy atom. The van der Waals surface area contributed by atoms with Gasteiger partial charge in [0.25, 0.3) is 0 Å². The van der Waals surface area contributed by atoms with Gasteiger partial charge in [0.15, 0.2) is 0 Å². The highest BCUT2D eigenvalue weighted by Crippen LogP contribution is 2.28. The van der Waals surface area contributed by atoms with Crippen molar-refractivity contribution in [2.24, 2.45) is 0 Å². The Bertz CT molecular complexity index is 460. The smallest absolute Gasteiger partial charge is 0.125 e. The van der Waals surface area contributed by atoms with Crippen molar-refractivity contribution in [2.45, 2.75) is 13.8 Å². The number of aromatic hydroxyl groups is 1. The number of nitrogens with one attached hydrogen (secondary N) is 1. The fourth-order valence-electron chi connectivity index (χ4n) is 1.41. The van der Waals surface area contributed by atoms with Crippen LogP contribution in [0, 0.1) is 13.8 Å². The van der Waals surface area contributed by atoms with Crippen molar-refractivity contribution in [2.75, 3.05) is 0 Å². The molecule has 0 unspecified atom stereocenters. The Kier molecular flexibility index (Phi) is 2.00. The Morgan fingerprint density at radius 1 is 1.21 bits per heavy atom. The normalized spacial score (nSPS) is 10.4. The molecular formula is C11H12N2O. The lowest BCUT2D eigenvalue weighted by Gasteiger charge is -2.01. The Labute approximate surface area is 82.4 Å². The summed E-state index contributed by atoms with van der Waals surface area (Å²) in [6, 6.07) is 7.48. The molecule has 1 heterocycles. The lowest BCUT2D eigenvalue weighted by atomic mass is 10.1. The molecule has 2 rings (SSSR count). The Hall–Kier alpha value is -1.77. The number of benzene rings is 1. The van der Waals surface area contributed by atoms with Crippen LogP contribution in [0.15, 0.2) is 24.3 Å². The van der Waals surface area contributed by atoms with Crippen molar-refractivity contribution in [3.63, 3.8) is 0 Å². The maximum atomic E-state index is 9.70. The summed E-state index contributed by atoms with van der Waals surface area (Å²) in [7, 11) is 0. The van der Waals surface area contributed by atoms with E-state index in [1.54, 1.807) is 6.07 Å². The fraction of sp³-hybridized carbons (Fsp3) is 0.182. The van der Waals surface area contributed by atoms with Crippen LogP contribution < -0.4 is 0 Å². The second-order valence-corrected chi connectivity index (χ2v) is 3.46. The lowest BCUT2D eigenvalue weighted by molar-refractivity contribution is 0.476. The van der Waals surface area contributed by atoms with Gasteiger partial charge in [-0.05, 0) is 37.6 Å². The van der Waals surface area contributed by atoms with Crippen LogP contribution in [-0.2, 0) is 0 Å². The second kappa shape index (κ2) is 3.18. The minimum atomic E-state index is 0.275. The van der Waals surface area contributed by atoms with Crippen LogP contribution in [0.3, 0.4) is 0 Å². The zero-order chi connectivity index (χ0) is 10.1. The number of aromatic nitrogens is 2. The number of phenols is 1. The molecule has 0 radical (unpaired) electrons. The highest BCUT2D eigenvalue weighted by Gasteiger charge is 2.06. The van der Waals surface area contributed by atoms with E-state index in [1.807, 2.05) is 32.0 Å². The van der Waals surface area contributed by atoms with Gasteiger partial charge in [-0.3, -0.25) is 5.10 Å². The van der Waals surface area contributed by atoms with E-state index in [0.717, 1.165) is 22.5 Å². The minimum Gasteiger partial charge on any atom is -0.507 e. The Balaban J connectivity index is 2.52. The molecule has 0 spiro atoms. The highest BCUT2D eigenvalue weighted by molar-refractivity contribution is 5.67. The zero-order valence-electron chi connectivity index (χ0n) is 8.20. The number of hydrogen-bond acceptors (Lipinski definition) is 2. The van der Waals surface area contributed by atoms with Gasteiger partial charge in [0.2, 0.25) is 0 Å². The summed E-state index contributed by atoms with van der Waals surface area (Å²) < 4.78 is 0. The molecule has 0 amide bonds. The van der Waals surface area contributed by atoms with Crippen molar-refractivity contribution in [3.8, 4) is 17.0 Å². The molecule has 72 valence electrons. The molecule has 0 fully saturated rings. The quantitative estimate of drug-likeness (QED) is 0.722. The van der Waals surface area contributed by atoms with Crippen LogP contribution in [0.2, 0.25) is 0 Å². The van der Waals surface area contributed by atoms with Gasteiger partial charge in [-0.15, -0.1) is 0 Å². The van der Waals surface area contributed by atoms with Crippen LogP contribution in [0.25, 0.3) is 11.3 Å². The van der Waals surface area contributed by atoms with E-state index < -0.39 is 0 Å². The zero-order valence-corrected chi connectivity index (χ0v) is 8.20. The predicted octanol–water partition coefficient (Wildman–Crippen LogP) is 2.40. The molecule has 0 aliphatic carbocycles. The molecule has 3 heteroatoms. The first-order chi connectivity index (χ1) is 6.66. The number of rotatable bonds is 1. The van der Waals surface area contributed by atoms with E-state index in [0.29, 0.717) is 0 Å². The van der Waals surface area contributed by atoms with Gasteiger partial charge in [0, 0.05) is 11.3 Å². The summed E-state index contributed by atoms with van der Waals surface area (Å²) in [6.07, 6.45) is 0. The van der Waals surface area contributed by atoms with Crippen molar-refractivity contribution < 1.29 is 5.11 Å². The standard InChI is InChI=1S/C11H12N2O/c1-7-3-4-9(11(14)5-7)10-6-8(2)12-13-10/h3-6,14H,1-2H3,(H,12,13). The molecule has 0 bridgehead atoms. The van der Waals surface area contributed by atoms with Crippen LogP contribution >= 0.6 is 0 Å². The van der Waals surface area contributed by atoms with Crippen molar-refractivity contribution in [1.82, 2.24) is 10.2 Å². The number of phenolic OH excluding ortho intramolecular Hbond substituents is 1. The number of nitrogens with zero attached hydrogens (tertiary/aromatic N) is 1. The molecule has 14 heavy (non-hydrogen) atoms. The number of aryl methyl sites for hydroxylation is 2. The van der Waals surface area contributed by atoms with Crippen LogP contribution in [0.5, 0.6) is 5.75 Å². The molecule has 1 aromatic heterocycles. The molecule has 0 saturated heterocycles. The topological polar surface area (TPSA) is 48.9 Å². The van der Waals surface area contributed by atoms with E-state index in [2.05, 4.69) is 10.2 Å². The third-order valence-corrected chi connectivity index (χ3v) is 2.14. The SMILES string of the molecule is Cc1ccc(-c2cc(C)[nH]n2)c(O)c1. The van der Waals surface area contributed by atoms with Gasteiger partial charge in [0.1, 0.15) is 5.75 Å². The van der Waals surface area contributed by atoms with Crippen LogP contribution in [0.4, 0.5) is 0 Å². The van der Waals surface area contributed by atoms with Gasteiger partial charge >= 0.3 is 0 Å². The van der Waals surface area contributed by atoms with E-state index in [9.17, 15) is 5.11 Å². The average molecular weight is 188 g/mol. The third kappa shape index (κ3) is 1.48. The molecule has 1 aromatic carbocycles. The lowest BCUT2D eigenvalue weighted by Crippen LogP contribution is -1.80. The van der Waals surface area contributed by atoms with Gasteiger partial charge in [-0.2, -0.15) is 5.10 Å². The number of H-pyrrole nitrogens is 1. The summed E-state index contributed by atoms with van der Waals surface area (Å²) in [6.45, 7) is 3.88. The summed E-state index contributed by atoms with van der Waals surface area (Å²) in [5.41, 5.74) is 3.57. The first kappa shape index (κ1) is 8.81. The van der Waals surface area contributed by atoms with Gasteiger partial charge < -0.3 is 5.11 Å². The van der Waals surface area contributed by atoms with E-state index in [1.165, 1.54) is 0 Å². The molecule has 0 aliphatic rings. The van der Waals surface area contributed by atoms with E-state index >= 15 is 0 Å². The Morgan fingerprint density at radius 2 is 2.00 bits per heavy atom. The number of aromatic amines is 1. The van der Waals surface area contributed by atoms with Gasteiger partial charge in [0.05, 0.1) is 5.69 Å². The molecule has 2 N–H and O–H groups in total. The van der Waals surface area contributed by atoms with Crippen molar-refractivity contribution in [1.29, 1.82) is 0 Å². The molecule has 0 aliphatic heterocycles.